The first-order valence-corrected chi connectivity index (χ1v) is 19.5. The predicted molar refractivity (Wildman–Crippen MR) is 192 cm³/mol. The van der Waals surface area contributed by atoms with Crippen LogP contribution in [0.2, 0.25) is 0 Å². The quantitative estimate of drug-likeness (QED) is 0.0572. The van der Waals surface area contributed by atoms with Crippen LogP contribution in [0.3, 0.4) is 0 Å². The van der Waals surface area contributed by atoms with Crippen LogP contribution in [0.15, 0.2) is 0 Å². The first-order chi connectivity index (χ1) is 29.2. The molecule has 0 spiro atoms. The molecule has 2 amide bonds. The average Bonchev–Trinajstić information content (AvgIpc) is 3.24. The monoisotopic (exact) mass is 912 g/mol. The van der Waals surface area contributed by atoms with Gasteiger partial charge in [0.25, 0.3) is 0 Å². The summed E-state index contributed by atoms with van der Waals surface area (Å²) in [5.74, 6) is -1.57. The second-order valence-corrected chi connectivity index (χ2v) is 15.2. The van der Waals surface area contributed by atoms with Crippen molar-refractivity contribution in [2.75, 3.05) is 39.6 Å². The highest BCUT2D eigenvalue weighted by atomic mass is 16.8. The largest absolute Gasteiger partial charge is 0.394 e. The minimum atomic E-state index is -2.27. The highest BCUT2D eigenvalue weighted by Crippen LogP contribution is 2.34. The number of carbonyl (C=O) groups is 2. The van der Waals surface area contributed by atoms with Crippen molar-refractivity contribution in [1.29, 1.82) is 0 Å². The van der Waals surface area contributed by atoms with Crippen molar-refractivity contribution in [2.24, 2.45) is 0 Å². The Balaban J connectivity index is 1.72. The van der Waals surface area contributed by atoms with Gasteiger partial charge < -0.3 is 130 Å². The summed E-state index contributed by atoms with van der Waals surface area (Å²) in [5, 5.41) is 172. The Morgan fingerprint density at radius 3 is 1.53 bits per heavy atom. The molecule has 4 aliphatic rings. The number of rotatable bonds is 19. The van der Waals surface area contributed by atoms with Gasteiger partial charge in [0.05, 0.1) is 39.6 Å². The number of aliphatic hydroxyl groups is 16. The highest BCUT2D eigenvalue weighted by Gasteiger charge is 2.56. The number of aliphatic hydroxyl groups excluding tert-OH is 16. The fourth-order valence-electron chi connectivity index (χ4n) is 7.32. The Labute approximate surface area is 352 Å². The van der Waals surface area contributed by atoms with Crippen molar-refractivity contribution in [3.8, 4) is 0 Å². The molecule has 0 aliphatic carbocycles. The van der Waals surface area contributed by atoms with E-state index in [0.29, 0.717) is 0 Å². The SMILES string of the molecule is CC(=O)N[C@H]1[C@H](OC[C@H]2O[C@@H](O[C@@H]([C@H](O)[C@@H](O)CO)[C@H](O)CO)[C@H](O)[C@@H](O[C@@H]3O[C@H](CO)[C@@H](O)[C@H](O[C@@H]4O[C@H](CO)[C@H](O)[C@H](O)[C@H]4O)[C@H]3NC(C)=O)[C@H]2O)O[C@H](CO)[C@@H](O)[C@@H]1O. The Morgan fingerprint density at radius 1 is 0.516 bits per heavy atom. The molecule has 0 aromatic rings. The molecule has 4 heterocycles. The van der Waals surface area contributed by atoms with Gasteiger partial charge in [-0.15, -0.1) is 0 Å². The van der Waals surface area contributed by atoms with Crippen molar-refractivity contribution in [2.45, 2.75) is 161 Å². The highest BCUT2D eigenvalue weighted by molar-refractivity contribution is 5.73. The van der Waals surface area contributed by atoms with Gasteiger partial charge in [0, 0.05) is 13.8 Å². The number of carbonyl (C=O) groups excluding carboxylic acids is 2. The van der Waals surface area contributed by atoms with Crippen LogP contribution in [0.1, 0.15) is 13.8 Å². The van der Waals surface area contributed by atoms with Crippen molar-refractivity contribution in [3.05, 3.63) is 0 Å². The smallest absolute Gasteiger partial charge is 0.217 e. The maximum Gasteiger partial charge on any atom is 0.217 e. The maximum absolute atomic E-state index is 12.6. The normalized spacial score (nSPS) is 43.6. The first-order valence-electron chi connectivity index (χ1n) is 19.5. The molecule has 4 fully saturated rings. The van der Waals surface area contributed by atoms with Crippen LogP contribution >= 0.6 is 0 Å². The molecule has 28 nitrogen and oxygen atoms in total. The van der Waals surface area contributed by atoms with Gasteiger partial charge in [-0.2, -0.15) is 0 Å². The predicted octanol–water partition coefficient (Wildman–Crippen LogP) is -12.0. The summed E-state index contributed by atoms with van der Waals surface area (Å²) in [6, 6.07) is -3.26. The van der Waals surface area contributed by atoms with E-state index in [0.717, 1.165) is 13.8 Å². The second kappa shape index (κ2) is 23.4. The molecular formula is C34H60N2O26. The standard InChI is InChI=1S/C34H60N2O26/c1-9(42)35-17-24(51)20(47)13(5-39)56-31(17)55-8-16-23(50)30(27(54)34(59-16)60-28(12(45)4-38)19(46)11(44)3-37)62-32-18(36-10(2)43)29(22(49)15(7-41)57-32)61-33-26(53)25(52)21(48)14(6-40)58-33/h11-34,37-41,44-54H,3-8H2,1-2H3,(H,35,42)(H,36,43)/t11-,12+,13+,14+,15+,16+,17+,18+,19+,20+,21-,22+,23-,24+,25-,26+,27+,28+,29+,30-,31+,32-,33-,34-/m0/s1. The van der Waals surface area contributed by atoms with Crippen LogP contribution < -0.4 is 10.6 Å². The number of ether oxygens (including phenoxy) is 8. The molecular weight excluding hydrogens is 852 g/mol. The van der Waals surface area contributed by atoms with Gasteiger partial charge in [-0.05, 0) is 0 Å². The fourth-order valence-corrected chi connectivity index (χ4v) is 7.32. The lowest BCUT2D eigenvalue weighted by Gasteiger charge is -2.50. The minimum Gasteiger partial charge on any atom is -0.394 e. The summed E-state index contributed by atoms with van der Waals surface area (Å²) in [6.45, 7) is -3.75. The number of amides is 2. The van der Waals surface area contributed by atoms with E-state index >= 15 is 0 Å². The van der Waals surface area contributed by atoms with E-state index in [9.17, 15) is 91.3 Å². The molecule has 28 heteroatoms. The lowest BCUT2D eigenvalue weighted by Crippen LogP contribution is -2.70. The molecule has 4 saturated heterocycles. The zero-order valence-corrected chi connectivity index (χ0v) is 33.3. The van der Waals surface area contributed by atoms with E-state index in [1.54, 1.807) is 0 Å². The third-order valence-electron chi connectivity index (χ3n) is 10.7. The Morgan fingerprint density at radius 2 is 0.984 bits per heavy atom. The summed E-state index contributed by atoms with van der Waals surface area (Å²) in [7, 11) is 0. The summed E-state index contributed by atoms with van der Waals surface area (Å²) < 4.78 is 45.6. The minimum absolute atomic E-state index is 0.724. The molecule has 0 bridgehead atoms. The molecule has 0 aromatic carbocycles. The van der Waals surface area contributed by atoms with Gasteiger partial charge >= 0.3 is 0 Å². The van der Waals surface area contributed by atoms with Crippen LogP contribution in [0, 0.1) is 0 Å². The first kappa shape index (κ1) is 52.6. The van der Waals surface area contributed by atoms with E-state index < -0.39 is 199 Å². The van der Waals surface area contributed by atoms with Crippen LogP contribution in [-0.4, -0.2) is 280 Å². The van der Waals surface area contributed by atoms with E-state index in [1.165, 1.54) is 0 Å². The summed E-state index contributed by atoms with van der Waals surface area (Å²) in [5.41, 5.74) is 0. The molecule has 62 heavy (non-hydrogen) atoms. The average molecular weight is 913 g/mol. The zero-order chi connectivity index (χ0) is 46.3. The Bertz CT molecular complexity index is 1390. The van der Waals surface area contributed by atoms with E-state index in [4.69, 9.17) is 37.9 Å². The van der Waals surface area contributed by atoms with Gasteiger partial charge in [0.2, 0.25) is 11.8 Å². The van der Waals surface area contributed by atoms with E-state index in [1.807, 2.05) is 0 Å². The van der Waals surface area contributed by atoms with Crippen molar-refractivity contribution >= 4 is 11.8 Å². The molecule has 0 saturated carbocycles. The third-order valence-corrected chi connectivity index (χ3v) is 10.7. The van der Waals surface area contributed by atoms with Crippen molar-refractivity contribution in [1.82, 2.24) is 10.6 Å². The van der Waals surface area contributed by atoms with Gasteiger partial charge in [-0.3, -0.25) is 9.59 Å². The van der Waals surface area contributed by atoms with E-state index in [2.05, 4.69) is 10.6 Å². The van der Waals surface area contributed by atoms with Gasteiger partial charge in [-0.1, -0.05) is 0 Å². The lowest BCUT2D eigenvalue weighted by atomic mass is 9.94. The van der Waals surface area contributed by atoms with Crippen LogP contribution in [-0.2, 0) is 47.5 Å². The summed E-state index contributed by atoms with van der Waals surface area (Å²) >= 11 is 0. The summed E-state index contributed by atoms with van der Waals surface area (Å²) in [4.78, 5) is 24.6. The molecule has 18 N–H and O–H groups in total. The van der Waals surface area contributed by atoms with Crippen molar-refractivity contribution < 1.29 is 129 Å². The molecule has 4 rings (SSSR count). The van der Waals surface area contributed by atoms with Crippen LogP contribution in [0.4, 0.5) is 0 Å². The Kier molecular flexibility index (Phi) is 19.9. The molecule has 0 radical (unpaired) electrons. The van der Waals surface area contributed by atoms with Gasteiger partial charge in [0.1, 0.15) is 122 Å². The molecule has 24 atom stereocenters. The number of hydrogen-bond acceptors (Lipinski definition) is 26. The number of nitrogens with one attached hydrogen (secondary N) is 2. The Hall–Kier alpha value is -2.02. The third kappa shape index (κ3) is 12.1. The maximum atomic E-state index is 12.6. The zero-order valence-electron chi connectivity index (χ0n) is 33.3. The van der Waals surface area contributed by atoms with Gasteiger partial charge in [-0.25, -0.2) is 0 Å². The van der Waals surface area contributed by atoms with Crippen LogP contribution in [0.25, 0.3) is 0 Å². The van der Waals surface area contributed by atoms with Crippen LogP contribution in [0.5, 0.6) is 0 Å². The molecule has 0 unspecified atom stereocenters. The molecule has 362 valence electrons. The summed E-state index contributed by atoms with van der Waals surface area (Å²) in [6.07, 6.45) is -42.2. The topological polar surface area (TPSA) is 456 Å². The molecule has 4 aliphatic heterocycles. The van der Waals surface area contributed by atoms with Crippen molar-refractivity contribution in [3.63, 3.8) is 0 Å². The fraction of sp³-hybridized carbons (Fsp3) is 0.941. The second-order valence-electron chi connectivity index (χ2n) is 15.2. The van der Waals surface area contributed by atoms with E-state index in [-0.39, 0.29) is 0 Å². The van der Waals surface area contributed by atoms with Gasteiger partial charge in [0.15, 0.2) is 25.2 Å². The lowest BCUT2D eigenvalue weighted by molar-refractivity contribution is -0.374. The number of hydrogen-bond donors (Lipinski definition) is 18. The molecule has 0 aromatic heterocycles.